The van der Waals surface area contributed by atoms with E-state index in [0.29, 0.717) is 18.8 Å². The molecule has 4 fully saturated rings. The first-order chi connectivity index (χ1) is 18.0. The molecule has 8 nitrogen and oxygen atoms in total. The van der Waals surface area contributed by atoms with E-state index in [4.69, 9.17) is 9.47 Å². The normalized spacial score (nSPS) is 34.7. The van der Waals surface area contributed by atoms with Gasteiger partial charge >= 0.3 is 0 Å². The summed E-state index contributed by atoms with van der Waals surface area (Å²) < 4.78 is 12.3. The van der Waals surface area contributed by atoms with Crippen LogP contribution in [-0.2, 0) is 23.9 Å². The number of carbonyl (C=O) groups is 3. The van der Waals surface area contributed by atoms with E-state index in [9.17, 15) is 14.4 Å². The topological polar surface area (TPSA) is 97.0 Å². The third kappa shape index (κ3) is 4.38. The molecular formula is C28H35N3O5S. The van der Waals surface area contributed by atoms with Crippen molar-refractivity contribution >= 4 is 35.2 Å². The van der Waals surface area contributed by atoms with Gasteiger partial charge in [-0.1, -0.05) is 37.5 Å². The highest BCUT2D eigenvalue weighted by atomic mass is 32.2. The lowest BCUT2D eigenvalue weighted by Crippen LogP contribution is -2.57. The second-order valence-corrected chi connectivity index (χ2v) is 11.8. The lowest BCUT2D eigenvalue weighted by Gasteiger charge is -2.34. The zero-order valence-electron chi connectivity index (χ0n) is 21.2. The van der Waals surface area contributed by atoms with E-state index in [0.717, 1.165) is 43.4 Å². The van der Waals surface area contributed by atoms with Gasteiger partial charge in [0.2, 0.25) is 17.7 Å². The number of ether oxygens (including phenoxy) is 2. The van der Waals surface area contributed by atoms with Gasteiger partial charge in [-0.3, -0.25) is 14.4 Å². The average Bonchev–Trinajstić information content (AvgIpc) is 3.68. The molecule has 198 valence electrons. The van der Waals surface area contributed by atoms with Crippen LogP contribution in [0.1, 0.15) is 44.9 Å². The van der Waals surface area contributed by atoms with Gasteiger partial charge in [-0.25, -0.2) is 0 Å². The lowest BCUT2D eigenvalue weighted by molar-refractivity contribution is -0.143. The van der Waals surface area contributed by atoms with Gasteiger partial charge in [0.05, 0.1) is 24.0 Å². The summed E-state index contributed by atoms with van der Waals surface area (Å²) in [4.78, 5) is 44.2. The Balaban J connectivity index is 1.29. The van der Waals surface area contributed by atoms with Crippen molar-refractivity contribution in [3.05, 3.63) is 36.4 Å². The molecule has 3 amide bonds. The van der Waals surface area contributed by atoms with Crippen molar-refractivity contribution in [1.82, 2.24) is 10.2 Å². The van der Waals surface area contributed by atoms with Gasteiger partial charge < -0.3 is 25.0 Å². The Morgan fingerprint density at radius 3 is 2.73 bits per heavy atom. The smallest absolute Gasteiger partial charge is 0.246 e. The molecule has 3 saturated heterocycles. The number of fused-ring (bicyclic) bond motifs is 1. The fourth-order valence-electron chi connectivity index (χ4n) is 6.93. The zero-order valence-corrected chi connectivity index (χ0v) is 22.0. The molecule has 9 heteroatoms. The number of hydrogen-bond acceptors (Lipinski definition) is 6. The number of nitrogens with one attached hydrogen (secondary N) is 2. The third-order valence-electron chi connectivity index (χ3n) is 8.64. The van der Waals surface area contributed by atoms with Crippen molar-refractivity contribution in [2.75, 3.05) is 24.7 Å². The van der Waals surface area contributed by atoms with Gasteiger partial charge in [-0.2, -0.15) is 0 Å². The predicted octanol–water partition coefficient (Wildman–Crippen LogP) is 3.13. The van der Waals surface area contributed by atoms with Crippen LogP contribution in [0.4, 0.5) is 5.69 Å². The van der Waals surface area contributed by atoms with Gasteiger partial charge in [-0.15, -0.1) is 11.8 Å². The van der Waals surface area contributed by atoms with E-state index in [2.05, 4.69) is 10.6 Å². The molecule has 1 spiro atoms. The Bertz CT molecular complexity index is 1100. The number of anilines is 1. The Morgan fingerprint density at radius 2 is 1.97 bits per heavy atom. The van der Waals surface area contributed by atoms with Gasteiger partial charge in [0.25, 0.3) is 0 Å². The van der Waals surface area contributed by atoms with Crippen LogP contribution in [-0.4, -0.2) is 71.9 Å². The quantitative estimate of drug-likeness (QED) is 0.420. The highest BCUT2D eigenvalue weighted by Gasteiger charge is 2.73. The van der Waals surface area contributed by atoms with Crippen LogP contribution >= 0.6 is 11.8 Å². The number of benzene rings is 1. The summed E-state index contributed by atoms with van der Waals surface area (Å²) in [6, 6.07) is 6.95. The molecule has 2 N–H and O–H groups in total. The Labute approximate surface area is 221 Å². The molecule has 4 unspecified atom stereocenters. The molecule has 6 rings (SSSR count). The van der Waals surface area contributed by atoms with E-state index >= 15 is 0 Å². The number of likely N-dealkylation sites (tertiary alicyclic amines) is 1. The first kappa shape index (κ1) is 24.9. The molecule has 0 radical (unpaired) electrons. The highest BCUT2D eigenvalue weighted by Crippen LogP contribution is 2.55. The van der Waals surface area contributed by atoms with Gasteiger partial charge in [0.15, 0.2) is 0 Å². The van der Waals surface area contributed by atoms with E-state index in [-0.39, 0.29) is 29.9 Å². The molecule has 2 bridgehead atoms. The number of nitrogens with zero attached hydrogens (tertiary/aromatic N) is 1. The largest absolute Gasteiger partial charge is 0.376 e. The summed E-state index contributed by atoms with van der Waals surface area (Å²) in [5.41, 5.74) is -0.451. The van der Waals surface area contributed by atoms with E-state index < -0.39 is 29.6 Å². The monoisotopic (exact) mass is 525 g/mol. The fraction of sp³-hybridized carbons (Fsp3) is 0.607. The minimum absolute atomic E-state index is 0.105. The summed E-state index contributed by atoms with van der Waals surface area (Å²) in [6.07, 6.45) is 12.2. The van der Waals surface area contributed by atoms with Crippen LogP contribution in [0.25, 0.3) is 0 Å². The van der Waals surface area contributed by atoms with Crippen molar-refractivity contribution in [1.29, 1.82) is 0 Å². The molecule has 0 aromatic heterocycles. The second-order valence-electron chi connectivity index (χ2n) is 10.9. The van der Waals surface area contributed by atoms with Gasteiger partial charge in [0, 0.05) is 29.8 Å². The molecule has 37 heavy (non-hydrogen) atoms. The minimum atomic E-state index is -1.14. The van der Waals surface area contributed by atoms with Crippen molar-refractivity contribution < 1.29 is 23.9 Å². The van der Waals surface area contributed by atoms with Crippen LogP contribution in [0.2, 0.25) is 0 Å². The van der Waals surface area contributed by atoms with Crippen molar-refractivity contribution in [3.63, 3.8) is 0 Å². The number of carbonyl (C=O) groups excluding carboxylic acids is 3. The predicted molar refractivity (Wildman–Crippen MR) is 140 cm³/mol. The molecule has 5 aliphatic rings. The maximum absolute atomic E-state index is 14.0. The molecule has 4 aliphatic heterocycles. The Hall–Kier alpha value is -2.36. The van der Waals surface area contributed by atoms with Crippen LogP contribution in [0.3, 0.4) is 0 Å². The fourth-order valence-corrected chi connectivity index (χ4v) is 7.38. The third-order valence-corrected chi connectivity index (χ3v) is 9.36. The van der Waals surface area contributed by atoms with Crippen LogP contribution in [0, 0.1) is 11.8 Å². The lowest BCUT2D eigenvalue weighted by atomic mass is 9.74. The summed E-state index contributed by atoms with van der Waals surface area (Å²) >= 11 is 1.60. The Morgan fingerprint density at radius 1 is 1.14 bits per heavy atom. The minimum Gasteiger partial charge on any atom is -0.376 e. The first-order valence-corrected chi connectivity index (χ1v) is 14.8. The SMILES string of the molecule is CSc1cccc(NC(=O)C2[C@H]3C=CC4(O3)C(C(=O)NC3CCCCC3)N(CC3CCCO3)C(=O)[C@@H]24)c1. The van der Waals surface area contributed by atoms with Gasteiger partial charge in [0.1, 0.15) is 11.6 Å². The number of amides is 3. The molecule has 1 aromatic rings. The molecule has 1 aliphatic carbocycles. The maximum Gasteiger partial charge on any atom is 0.246 e. The average molecular weight is 526 g/mol. The molecule has 1 aromatic carbocycles. The molecule has 6 atom stereocenters. The van der Waals surface area contributed by atoms with Crippen molar-refractivity contribution in [3.8, 4) is 0 Å². The van der Waals surface area contributed by atoms with E-state index in [1.54, 1.807) is 16.7 Å². The van der Waals surface area contributed by atoms with Crippen LogP contribution in [0.15, 0.2) is 41.3 Å². The molecule has 4 heterocycles. The molecule has 1 saturated carbocycles. The standard InChI is InChI=1S/C28H35N3O5S/c1-37-20-11-5-9-18(15-20)30-25(32)22-21-12-13-28(36-21)23(22)27(34)31(16-19-10-6-14-35-19)24(28)26(33)29-17-7-3-2-4-8-17/h5,9,11-13,15,17,19,21-24H,2-4,6-8,10,14,16H2,1H3,(H,29,33)(H,30,32)/t19?,21-,22?,23-,24?,28?/m1/s1. The maximum atomic E-state index is 14.0. The number of hydrogen-bond donors (Lipinski definition) is 2. The van der Waals surface area contributed by atoms with Crippen molar-refractivity contribution in [2.45, 2.75) is 79.7 Å². The summed E-state index contributed by atoms with van der Waals surface area (Å²) in [5.74, 6) is -2.06. The van der Waals surface area contributed by atoms with Gasteiger partial charge in [-0.05, 0) is 50.1 Å². The zero-order chi connectivity index (χ0) is 25.6. The summed E-state index contributed by atoms with van der Waals surface area (Å²) in [5, 5.41) is 6.24. The molecular weight excluding hydrogens is 490 g/mol. The van der Waals surface area contributed by atoms with Crippen LogP contribution < -0.4 is 10.6 Å². The number of rotatable bonds is 7. The highest BCUT2D eigenvalue weighted by molar-refractivity contribution is 7.98. The van der Waals surface area contributed by atoms with Crippen LogP contribution in [0.5, 0.6) is 0 Å². The van der Waals surface area contributed by atoms with Crippen molar-refractivity contribution in [2.24, 2.45) is 11.8 Å². The second kappa shape index (κ2) is 10.1. The Kier molecular flexibility index (Phi) is 6.79. The van der Waals surface area contributed by atoms with E-state index in [1.807, 2.05) is 42.7 Å². The first-order valence-electron chi connectivity index (χ1n) is 13.5. The van der Waals surface area contributed by atoms with E-state index in [1.165, 1.54) is 6.42 Å². The summed E-state index contributed by atoms with van der Waals surface area (Å²) in [7, 11) is 0. The summed E-state index contributed by atoms with van der Waals surface area (Å²) in [6.45, 7) is 1.00. The number of thioether (sulfide) groups is 1.